The quantitative estimate of drug-likeness (QED) is 0.877. The van der Waals surface area contributed by atoms with E-state index in [-0.39, 0.29) is 11.4 Å². The van der Waals surface area contributed by atoms with Crippen LogP contribution in [0.4, 0.5) is 4.79 Å². The molecule has 1 aliphatic heterocycles. The highest BCUT2D eigenvalue weighted by molar-refractivity contribution is 7.98. The van der Waals surface area contributed by atoms with Crippen LogP contribution in [-0.2, 0) is 16.6 Å². The first kappa shape index (κ1) is 17.1. The van der Waals surface area contributed by atoms with Crippen LogP contribution in [0.15, 0.2) is 24.3 Å². The summed E-state index contributed by atoms with van der Waals surface area (Å²) < 4.78 is 0. The fourth-order valence-corrected chi connectivity index (χ4v) is 4.56. The second-order valence-corrected chi connectivity index (χ2v) is 7.63. The molecule has 2 N–H and O–H groups in total. The number of piperidine rings is 1. The number of aryl methyl sites for hydroxylation is 1. The van der Waals surface area contributed by atoms with E-state index in [4.69, 9.17) is 0 Å². The van der Waals surface area contributed by atoms with Crippen molar-refractivity contribution >= 4 is 23.8 Å². The molecule has 1 atom stereocenters. The average molecular weight is 348 g/mol. The lowest BCUT2D eigenvalue weighted by atomic mass is 9.74. The van der Waals surface area contributed by atoms with Crippen LogP contribution in [-0.4, -0.2) is 53.1 Å². The summed E-state index contributed by atoms with van der Waals surface area (Å²) in [5.41, 5.74) is 3.11. The molecule has 1 aliphatic carbocycles. The van der Waals surface area contributed by atoms with Crippen molar-refractivity contribution in [2.24, 2.45) is 0 Å². The Morgan fingerprint density at radius 2 is 2.00 bits per heavy atom. The van der Waals surface area contributed by atoms with E-state index < -0.39 is 12.0 Å². The highest BCUT2D eigenvalue weighted by Gasteiger charge is 2.41. The highest BCUT2D eigenvalue weighted by Crippen LogP contribution is 2.46. The zero-order chi connectivity index (χ0) is 17.2. The number of hydrogen-bond donors (Lipinski definition) is 2. The van der Waals surface area contributed by atoms with Gasteiger partial charge in [0.25, 0.3) is 0 Å². The first-order valence-corrected chi connectivity index (χ1v) is 9.81. The van der Waals surface area contributed by atoms with E-state index in [2.05, 4.69) is 29.6 Å². The van der Waals surface area contributed by atoms with Crippen LogP contribution in [0, 0.1) is 0 Å². The lowest BCUT2D eigenvalue weighted by molar-refractivity contribution is -0.138. The first-order valence-electron chi connectivity index (χ1n) is 8.41. The Labute approximate surface area is 146 Å². The fourth-order valence-electron chi connectivity index (χ4n) is 4.00. The molecule has 2 aliphatic rings. The monoisotopic (exact) mass is 348 g/mol. The van der Waals surface area contributed by atoms with Crippen molar-refractivity contribution in [3.8, 4) is 0 Å². The molecule has 130 valence electrons. The smallest absolute Gasteiger partial charge is 0.327 e. The Morgan fingerprint density at radius 3 is 2.67 bits per heavy atom. The van der Waals surface area contributed by atoms with Crippen molar-refractivity contribution in [3.05, 3.63) is 35.4 Å². The summed E-state index contributed by atoms with van der Waals surface area (Å²) in [6, 6.07) is 7.57. The molecule has 1 fully saturated rings. The largest absolute Gasteiger partial charge is 0.480 e. The second-order valence-electron chi connectivity index (χ2n) is 6.72. The van der Waals surface area contributed by atoms with Gasteiger partial charge in [0.1, 0.15) is 6.04 Å². The molecule has 0 saturated carbocycles. The van der Waals surface area contributed by atoms with Gasteiger partial charge >= 0.3 is 12.0 Å². The summed E-state index contributed by atoms with van der Waals surface area (Å²) in [5.74, 6) is -0.595. The van der Waals surface area contributed by atoms with Crippen molar-refractivity contribution in [1.29, 1.82) is 0 Å². The third-order valence-corrected chi connectivity index (χ3v) is 6.07. The molecule has 2 amide bonds. The molecule has 3 rings (SSSR count). The first-order chi connectivity index (χ1) is 11.6. The summed E-state index contributed by atoms with van der Waals surface area (Å²) in [6.45, 7) is 1.37. The number of aliphatic carboxylic acids is 1. The number of carboxylic acids is 1. The number of nitrogens with zero attached hydrogens (tertiary/aromatic N) is 1. The average Bonchev–Trinajstić information content (AvgIpc) is 2.94. The number of thioether (sulfide) groups is 1. The standard InChI is InChI=1S/C18H24N2O3S/c1-24-12-15(16(21)22)19-17(23)20-10-8-18(9-11-20)7-6-13-4-2-3-5-14(13)18/h2-5,15H,6-12H2,1H3,(H,19,23)(H,21,22)/t15-/m0/s1. The molecule has 24 heavy (non-hydrogen) atoms. The number of fused-ring (bicyclic) bond motifs is 2. The van der Waals surface area contributed by atoms with Crippen LogP contribution in [0.2, 0.25) is 0 Å². The number of carbonyl (C=O) groups is 2. The molecule has 0 radical (unpaired) electrons. The summed E-state index contributed by atoms with van der Waals surface area (Å²) in [4.78, 5) is 25.3. The highest BCUT2D eigenvalue weighted by atomic mass is 32.2. The van der Waals surface area contributed by atoms with Gasteiger partial charge in [-0.05, 0) is 48.5 Å². The number of urea groups is 1. The normalized spacial score (nSPS) is 19.8. The molecule has 0 unspecified atom stereocenters. The Kier molecular flexibility index (Phi) is 5.04. The minimum Gasteiger partial charge on any atom is -0.480 e. The third-order valence-electron chi connectivity index (χ3n) is 5.40. The van der Waals surface area contributed by atoms with E-state index in [1.165, 1.54) is 22.9 Å². The van der Waals surface area contributed by atoms with Gasteiger partial charge in [-0.2, -0.15) is 11.8 Å². The van der Waals surface area contributed by atoms with Gasteiger partial charge in [0.15, 0.2) is 0 Å². The van der Waals surface area contributed by atoms with Crippen molar-refractivity contribution in [2.75, 3.05) is 25.1 Å². The van der Waals surface area contributed by atoms with Crippen LogP contribution < -0.4 is 5.32 Å². The molecule has 1 spiro atoms. The van der Waals surface area contributed by atoms with Crippen LogP contribution in [0.1, 0.15) is 30.4 Å². The lowest BCUT2D eigenvalue weighted by Gasteiger charge is -2.40. The molecular formula is C18H24N2O3S. The topological polar surface area (TPSA) is 69.6 Å². The van der Waals surface area contributed by atoms with Gasteiger partial charge < -0.3 is 15.3 Å². The number of hydrogen-bond acceptors (Lipinski definition) is 3. The zero-order valence-corrected chi connectivity index (χ0v) is 14.8. The number of benzene rings is 1. The van der Waals surface area contributed by atoms with Crippen molar-refractivity contribution in [1.82, 2.24) is 10.2 Å². The van der Waals surface area contributed by atoms with E-state index >= 15 is 0 Å². The van der Waals surface area contributed by atoms with Crippen LogP contribution in [0.3, 0.4) is 0 Å². The van der Waals surface area contributed by atoms with Crippen molar-refractivity contribution in [3.63, 3.8) is 0 Å². The van der Waals surface area contributed by atoms with E-state index in [0.717, 1.165) is 25.7 Å². The molecule has 1 heterocycles. The molecule has 6 heteroatoms. The van der Waals surface area contributed by atoms with Gasteiger partial charge in [-0.1, -0.05) is 24.3 Å². The Bertz CT molecular complexity index is 626. The Balaban J connectivity index is 1.61. The predicted octanol–water partition coefficient (Wildman–Crippen LogP) is 2.49. The maximum absolute atomic E-state index is 12.4. The Hall–Kier alpha value is -1.69. The maximum Gasteiger partial charge on any atom is 0.327 e. The maximum atomic E-state index is 12.4. The fraction of sp³-hybridized carbons (Fsp3) is 0.556. The lowest BCUT2D eigenvalue weighted by Crippen LogP contribution is -2.52. The van der Waals surface area contributed by atoms with E-state index in [1.54, 1.807) is 4.90 Å². The van der Waals surface area contributed by atoms with Gasteiger partial charge in [0, 0.05) is 18.8 Å². The van der Waals surface area contributed by atoms with E-state index in [0.29, 0.717) is 18.8 Å². The molecule has 0 bridgehead atoms. The molecule has 0 aromatic heterocycles. The van der Waals surface area contributed by atoms with Crippen LogP contribution >= 0.6 is 11.8 Å². The van der Waals surface area contributed by atoms with E-state index in [9.17, 15) is 14.7 Å². The number of carbonyl (C=O) groups excluding carboxylic acids is 1. The molecular weight excluding hydrogens is 324 g/mol. The van der Waals surface area contributed by atoms with Gasteiger partial charge in [0.2, 0.25) is 0 Å². The number of rotatable bonds is 4. The SMILES string of the molecule is CSC[C@H](NC(=O)N1CCC2(CCc3ccccc32)CC1)C(=O)O. The molecule has 1 saturated heterocycles. The summed E-state index contributed by atoms with van der Waals surface area (Å²) >= 11 is 1.42. The van der Waals surface area contributed by atoms with Crippen molar-refractivity contribution < 1.29 is 14.7 Å². The van der Waals surface area contributed by atoms with Gasteiger partial charge in [-0.15, -0.1) is 0 Å². The molecule has 1 aromatic carbocycles. The van der Waals surface area contributed by atoms with Gasteiger partial charge in [-0.3, -0.25) is 0 Å². The van der Waals surface area contributed by atoms with Crippen molar-refractivity contribution in [2.45, 2.75) is 37.1 Å². The number of amides is 2. The zero-order valence-electron chi connectivity index (χ0n) is 14.0. The van der Waals surface area contributed by atoms with Gasteiger partial charge in [0.05, 0.1) is 0 Å². The van der Waals surface area contributed by atoms with Crippen LogP contribution in [0.25, 0.3) is 0 Å². The predicted molar refractivity (Wildman–Crippen MR) is 95.6 cm³/mol. The summed E-state index contributed by atoms with van der Waals surface area (Å²) in [5, 5.41) is 11.8. The van der Waals surface area contributed by atoms with Crippen LogP contribution in [0.5, 0.6) is 0 Å². The summed E-state index contributed by atoms with van der Waals surface area (Å²) in [7, 11) is 0. The van der Waals surface area contributed by atoms with E-state index in [1.807, 2.05) is 6.26 Å². The number of likely N-dealkylation sites (tertiary alicyclic amines) is 1. The molecule has 1 aromatic rings. The third kappa shape index (κ3) is 3.24. The Morgan fingerprint density at radius 1 is 1.29 bits per heavy atom. The minimum atomic E-state index is -0.976. The number of carboxylic acid groups (broad SMARTS) is 1. The minimum absolute atomic E-state index is 0.207. The number of nitrogens with one attached hydrogen (secondary N) is 1. The van der Waals surface area contributed by atoms with Gasteiger partial charge in [-0.25, -0.2) is 9.59 Å². The molecule has 5 nitrogen and oxygen atoms in total. The second kappa shape index (κ2) is 7.05. The summed E-state index contributed by atoms with van der Waals surface area (Å²) in [6.07, 6.45) is 6.03.